The third kappa shape index (κ3) is 9.34. The predicted octanol–water partition coefficient (Wildman–Crippen LogP) is 5.73. The standard InChI is InChI=1S/C34H38BrF2N3O6/c1-33(2,3)46-29(42)13-15-34(32(43)40-38-16-14-22-19-24(36)21-25(37)20-22)30(27-7-4-5-8-28(27)35)45-31(39-34)23-9-11-26(12-10-23)44-18-6-17-41/h4-5,7-12,19-21,30,38,41H,6,13-18H2,1-3H3,(H,40,43)/t30-,34-/m0/s1. The van der Waals surface area contributed by atoms with E-state index < -0.39 is 40.8 Å². The van der Waals surface area contributed by atoms with Crippen molar-refractivity contribution in [1.29, 1.82) is 0 Å². The first-order valence-electron chi connectivity index (χ1n) is 15.0. The van der Waals surface area contributed by atoms with Crippen LogP contribution in [-0.4, -0.2) is 53.8 Å². The van der Waals surface area contributed by atoms with Crippen molar-refractivity contribution in [1.82, 2.24) is 10.9 Å². The van der Waals surface area contributed by atoms with E-state index >= 15 is 0 Å². The first kappa shape index (κ1) is 35.0. The molecule has 246 valence electrons. The Bertz CT molecular complexity index is 1530. The van der Waals surface area contributed by atoms with E-state index in [4.69, 9.17) is 24.3 Å². The van der Waals surface area contributed by atoms with E-state index in [1.165, 1.54) is 12.1 Å². The van der Waals surface area contributed by atoms with Gasteiger partial charge in [-0.25, -0.2) is 19.2 Å². The van der Waals surface area contributed by atoms with Crippen LogP contribution in [0.4, 0.5) is 8.78 Å². The molecule has 0 radical (unpaired) electrons. The van der Waals surface area contributed by atoms with E-state index in [1.54, 1.807) is 45.0 Å². The van der Waals surface area contributed by atoms with Crippen LogP contribution >= 0.6 is 15.9 Å². The summed E-state index contributed by atoms with van der Waals surface area (Å²) in [6.07, 6.45) is -0.409. The molecular formula is C34H38BrF2N3O6. The number of esters is 1. The highest BCUT2D eigenvalue weighted by atomic mass is 79.9. The van der Waals surface area contributed by atoms with Crippen molar-refractivity contribution >= 4 is 33.7 Å². The molecule has 1 heterocycles. The summed E-state index contributed by atoms with van der Waals surface area (Å²) < 4.78 is 45.6. The van der Waals surface area contributed by atoms with Gasteiger partial charge < -0.3 is 19.3 Å². The molecule has 0 fully saturated rings. The molecule has 12 heteroatoms. The van der Waals surface area contributed by atoms with Crippen LogP contribution in [0.5, 0.6) is 5.75 Å². The number of amides is 1. The maximum Gasteiger partial charge on any atom is 0.306 e. The first-order chi connectivity index (χ1) is 21.9. The zero-order valence-corrected chi connectivity index (χ0v) is 27.5. The number of hydrogen-bond donors (Lipinski definition) is 3. The smallest absolute Gasteiger partial charge is 0.306 e. The van der Waals surface area contributed by atoms with Crippen LogP contribution in [0, 0.1) is 11.6 Å². The molecule has 4 rings (SSSR count). The van der Waals surface area contributed by atoms with Gasteiger partial charge in [0.1, 0.15) is 23.0 Å². The summed E-state index contributed by atoms with van der Waals surface area (Å²) >= 11 is 3.58. The maximum atomic E-state index is 14.2. The maximum absolute atomic E-state index is 14.2. The number of benzene rings is 3. The second kappa shape index (κ2) is 15.6. The summed E-state index contributed by atoms with van der Waals surface area (Å²) in [5.74, 6) is -1.66. The number of carbonyl (C=O) groups excluding carboxylic acids is 2. The molecule has 2 atom stereocenters. The zero-order valence-electron chi connectivity index (χ0n) is 25.9. The van der Waals surface area contributed by atoms with Gasteiger partial charge in [-0.05, 0) is 81.6 Å². The number of hydrogen-bond acceptors (Lipinski definition) is 8. The van der Waals surface area contributed by atoms with Gasteiger partial charge in [0.15, 0.2) is 11.6 Å². The minimum absolute atomic E-state index is 0.0187. The number of aliphatic hydroxyl groups is 1. The fourth-order valence-corrected chi connectivity index (χ4v) is 5.43. The number of aliphatic imine (C=N–C) groups is 1. The van der Waals surface area contributed by atoms with E-state index in [0.717, 1.165) is 6.07 Å². The van der Waals surface area contributed by atoms with Crippen molar-refractivity contribution in [3.05, 3.63) is 99.5 Å². The molecule has 0 aromatic heterocycles. The quantitative estimate of drug-likeness (QED) is 0.112. The van der Waals surface area contributed by atoms with Crippen LogP contribution in [0.15, 0.2) is 76.2 Å². The molecule has 0 spiro atoms. The third-order valence-electron chi connectivity index (χ3n) is 7.01. The number of nitrogens with one attached hydrogen (secondary N) is 2. The van der Waals surface area contributed by atoms with Crippen molar-refractivity contribution < 1.29 is 37.7 Å². The Hall–Kier alpha value is -3.87. The number of hydrazine groups is 1. The van der Waals surface area contributed by atoms with E-state index in [2.05, 4.69) is 26.8 Å². The normalized spacial score (nSPS) is 17.6. The second-order valence-electron chi connectivity index (χ2n) is 11.8. The number of rotatable bonds is 14. The average Bonchev–Trinajstić information content (AvgIpc) is 3.38. The molecule has 9 nitrogen and oxygen atoms in total. The number of ether oxygens (including phenoxy) is 3. The monoisotopic (exact) mass is 701 g/mol. The fourth-order valence-electron chi connectivity index (χ4n) is 4.93. The highest BCUT2D eigenvalue weighted by molar-refractivity contribution is 9.10. The van der Waals surface area contributed by atoms with E-state index in [0.29, 0.717) is 39.9 Å². The zero-order chi connectivity index (χ0) is 33.3. The van der Waals surface area contributed by atoms with Gasteiger partial charge in [0.05, 0.1) is 6.61 Å². The van der Waals surface area contributed by atoms with Gasteiger partial charge in [-0.3, -0.25) is 15.0 Å². The molecule has 46 heavy (non-hydrogen) atoms. The van der Waals surface area contributed by atoms with Gasteiger partial charge in [-0.2, -0.15) is 0 Å². The molecule has 3 N–H and O–H groups in total. The van der Waals surface area contributed by atoms with Crippen molar-refractivity contribution in [2.24, 2.45) is 4.99 Å². The van der Waals surface area contributed by atoms with Crippen LogP contribution in [0.25, 0.3) is 0 Å². The molecule has 0 unspecified atom stereocenters. The Morgan fingerprint density at radius 2 is 1.76 bits per heavy atom. The van der Waals surface area contributed by atoms with E-state index in [-0.39, 0.29) is 38.3 Å². The lowest BCUT2D eigenvalue weighted by Crippen LogP contribution is -2.53. The first-order valence-corrected chi connectivity index (χ1v) is 15.7. The van der Waals surface area contributed by atoms with Crippen LogP contribution in [0.1, 0.15) is 62.8 Å². The van der Waals surface area contributed by atoms with Gasteiger partial charge in [0.2, 0.25) is 5.90 Å². The van der Waals surface area contributed by atoms with Crippen molar-refractivity contribution in [2.75, 3.05) is 19.8 Å². The van der Waals surface area contributed by atoms with Crippen LogP contribution in [0.2, 0.25) is 0 Å². The predicted molar refractivity (Wildman–Crippen MR) is 172 cm³/mol. The summed E-state index contributed by atoms with van der Waals surface area (Å²) in [4.78, 5) is 31.9. The second-order valence-corrected chi connectivity index (χ2v) is 12.7. The molecule has 1 aliphatic heterocycles. The Morgan fingerprint density at radius 3 is 2.41 bits per heavy atom. The Balaban J connectivity index is 1.65. The van der Waals surface area contributed by atoms with Gasteiger partial charge >= 0.3 is 5.97 Å². The minimum atomic E-state index is -1.62. The topological polar surface area (TPSA) is 118 Å². The summed E-state index contributed by atoms with van der Waals surface area (Å²) in [6.45, 7) is 5.82. The average molecular weight is 703 g/mol. The number of aliphatic hydroxyl groups excluding tert-OH is 1. The molecule has 0 saturated heterocycles. The molecular weight excluding hydrogens is 664 g/mol. The Labute approximate surface area is 275 Å². The number of nitrogens with zero attached hydrogens (tertiary/aromatic N) is 1. The molecule has 3 aromatic rings. The SMILES string of the molecule is CC(C)(C)OC(=O)CC[C@]1(C(=O)NNCCc2cc(F)cc(F)c2)N=C(c2ccc(OCCCO)cc2)O[C@H]1c1ccccc1Br. The lowest BCUT2D eigenvalue weighted by atomic mass is 9.83. The molecule has 0 saturated carbocycles. The molecule has 1 aliphatic rings. The molecule has 0 aliphatic carbocycles. The van der Waals surface area contributed by atoms with Crippen LogP contribution < -0.4 is 15.6 Å². The van der Waals surface area contributed by atoms with E-state index in [9.17, 15) is 18.4 Å². The largest absolute Gasteiger partial charge is 0.494 e. The summed E-state index contributed by atoms with van der Waals surface area (Å²) in [5.41, 5.74) is 4.82. The number of carbonyl (C=O) groups is 2. The number of halogens is 3. The van der Waals surface area contributed by atoms with Crippen LogP contribution in [-0.2, 0) is 25.5 Å². The summed E-state index contributed by atoms with van der Waals surface area (Å²) in [6, 6.07) is 17.5. The van der Waals surface area contributed by atoms with Gasteiger partial charge in [-0.15, -0.1) is 0 Å². The van der Waals surface area contributed by atoms with E-state index in [1.807, 2.05) is 24.3 Å². The fraction of sp³-hybridized carbons (Fsp3) is 0.382. The molecule has 0 bridgehead atoms. The van der Waals surface area contributed by atoms with Gasteiger partial charge in [0.25, 0.3) is 5.91 Å². The summed E-state index contributed by atoms with van der Waals surface area (Å²) in [7, 11) is 0. The van der Waals surface area contributed by atoms with Gasteiger partial charge in [-0.1, -0.05) is 34.1 Å². The molecule has 1 amide bonds. The minimum Gasteiger partial charge on any atom is -0.494 e. The van der Waals surface area contributed by atoms with Crippen molar-refractivity contribution in [3.63, 3.8) is 0 Å². The highest BCUT2D eigenvalue weighted by Crippen LogP contribution is 2.45. The molecule has 3 aromatic carbocycles. The van der Waals surface area contributed by atoms with Crippen molar-refractivity contribution in [2.45, 2.75) is 63.7 Å². The summed E-state index contributed by atoms with van der Waals surface area (Å²) in [5, 5.41) is 9.03. The van der Waals surface area contributed by atoms with Crippen molar-refractivity contribution in [3.8, 4) is 5.75 Å². The van der Waals surface area contributed by atoms with Gasteiger partial charge in [0, 0.05) is 47.7 Å². The third-order valence-corrected chi connectivity index (χ3v) is 7.73. The lowest BCUT2D eigenvalue weighted by molar-refractivity contribution is -0.155. The Morgan fingerprint density at radius 1 is 1.07 bits per heavy atom. The Kier molecular flexibility index (Phi) is 11.9. The van der Waals surface area contributed by atoms with Crippen LogP contribution in [0.3, 0.4) is 0 Å². The highest BCUT2D eigenvalue weighted by Gasteiger charge is 2.54. The lowest BCUT2D eigenvalue weighted by Gasteiger charge is -2.31.